The average molecular weight is 881 g/mol. The van der Waals surface area contributed by atoms with E-state index in [9.17, 15) is 19.0 Å². The zero-order valence-electron chi connectivity index (χ0n) is 40.1. The van der Waals surface area contributed by atoms with Crippen LogP contribution in [-0.4, -0.2) is 74.9 Å². The summed E-state index contributed by atoms with van der Waals surface area (Å²) in [7, 11) is 1.44. The van der Waals surface area contributed by atoms with Crippen molar-refractivity contribution in [2.24, 2.45) is 0 Å². The topological polar surface area (TPSA) is 108 Å². The quantitative estimate of drug-likeness (QED) is 0.0212. The summed E-state index contributed by atoms with van der Waals surface area (Å²) >= 11 is 0. The van der Waals surface area contributed by atoms with Gasteiger partial charge in [-0.25, -0.2) is 4.57 Å². The number of allylic oxidation sites excluding steroid dienone is 8. The summed E-state index contributed by atoms with van der Waals surface area (Å²) in [6, 6.07) is 0. The molecule has 2 atom stereocenters. The molecule has 0 aromatic carbocycles. The van der Waals surface area contributed by atoms with Crippen LogP contribution in [0.3, 0.4) is 0 Å². The molecule has 0 aliphatic rings. The smallest absolute Gasteiger partial charge is 0.462 e. The summed E-state index contributed by atoms with van der Waals surface area (Å²) in [6.45, 7) is 4.24. The number of hydrogen-bond acceptors (Lipinski definition) is 7. The second-order valence-electron chi connectivity index (χ2n) is 17.8. The van der Waals surface area contributed by atoms with Gasteiger partial charge >= 0.3 is 19.8 Å². The molecule has 0 fully saturated rings. The van der Waals surface area contributed by atoms with E-state index in [2.05, 4.69) is 50.3 Å². The van der Waals surface area contributed by atoms with Crippen LogP contribution < -0.4 is 0 Å². The van der Waals surface area contributed by atoms with Gasteiger partial charge in [0.2, 0.25) is 0 Å². The monoisotopic (exact) mass is 881 g/mol. The molecule has 0 spiro atoms. The third-order valence-electron chi connectivity index (χ3n) is 10.6. The molecule has 1 N–H and O–H groups in total. The van der Waals surface area contributed by atoms with Crippen molar-refractivity contribution in [2.75, 3.05) is 47.5 Å². The maximum Gasteiger partial charge on any atom is 0.472 e. The minimum absolute atomic E-state index is 0.0190. The van der Waals surface area contributed by atoms with Crippen molar-refractivity contribution in [1.82, 2.24) is 0 Å². The standard InChI is InChI=1S/C51H94NO8P/c1-6-8-10-12-14-16-18-20-21-22-23-24-25-26-27-28-29-30-32-33-35-37-39-41-43-50(53)57-47-49(48-59-61(55,56)58-46-45-52(3,4)5)60-51(54)44-42-40-38-36-34-31-19-17-15-13-11-9-7-2/h9,11,15,17,31,34,38,40,49H,6-8,10,12-14,16,18-30,32-33,35-37,39,41-48H2,1-5H3/p+1/b11-9-,17-15-,34-31-,40-38-. The van der Waals surface area contributed by atoms with Gasteiger partial charge in [-0.2, -0.15) is 0 Å². The molecule has 0 radical (unpaired) electrons. The van der Waals surface area contributed by atoms with E-state index < -0.39 is 26.5 Å². The number of rotatable bonds is 45. The molecule has 0 rings (SSSR count). The van der Waals surface area contributed by atoms with Crippen LogP contribution in [0, 0.1) is 0 Å². The molecular weight excluding hydrogens is 786 g/mol. The summed E-state index contributed by atoms with van der Waals surface area (Å²) in [5, 5.41) is 0. The normalized spacial score (nSPS) is 13.9. The second-order valence-corrected chi connectivity index (χ2v) is 19.3. The first kappa shape index (κ1) is 59.0. The van der Waals surface area contributed by atoms with Crippen LogP contribution in [0.4, 0.5) is 0 Å². The highest BCUT2D eigenvalue weighted by Crippen LogP contribution is 2.43. The molecule has 61 heavy (non-hydrogen) atoms. The second kappa shape index (κ2) is 43.2. The molecule has 2 unspecified atom stereocenters. The van der Waals surface area contributed by atoms with Gasteiger partial charge in [-0.15, -0.1) is 0 Å². The summed E-state index contributed by atoms with van der Waals surface area (Å²) in [4.78, 5) is 35.4. The summed E-state index contributed by atoms with van der Waals surface area (Å²) < 4.78 is 34.3. The number of unbranched alkanes of at least 4 members (excludes halogenated alkanes) is 23. The molecule has 0 aromatic heterocycles. The van der Waals surface area contributed by atoms with Gasteiger partial charge in [0.25, 0.3) is 0 Å². The van der Waals surface area contributed by atoms with Gasteiger partial charge in [0, 0.05) is 12.8 Å². The van der Waals surface area contributed by atoms with Crippen molar-refractivity contribution in [1.29, 1.82) is 0 Å². The van der Waals surface area contributed by atoms with Gasteiger partial charge in [-0.05, 0) is 38.5 Å². The zero-order valence-corrected chi connectivity index (χ0v) is 41.0. The van der Waals surface area contributed by atoms with Crippen LogP contribution in [-0.2, 0) is 32.7 Å². The molecule has 0 saturated heterocycles. The first-order chi connectivity index (χ1) is 29.5. The van der Waals surface area contributed by atoms with Gasteiger partial charge in [0.1, 0.15) is 19.8 Å². The minimum Gasteiger partial charge on any atom is -0.462 e. The lowest BCUT2D eigenvalue weighted by atomic mass is 10.0. The average Bonchev–Trinajstić information content (AvgIpc) is 3.21. The van der Waals surface area contributed by atoms with Crippen molar-refractivity contribution >= 4 is 19.8 Å². The Morgan fingerprint density at radius 2 is 0.934 bits per heavy atom. The Labute approximate surface area is 375 Å². The van der Waals surface area contributed by atoms with Gasteiger partial charge < -0.3 is 18.9 Å². The Kier molecular flexibility index (Phi) is 41.8. The van der Waals surface area contributed by atoms with Crippen molar-refractivity contribution in [3.05, 3.63) is 48.6 Å². The SMILES string of the molecule is CC/C=C\C/C=C\C/C=C\C/C=C\CCC(=O)OC(COC(=O)CCCCCCCCCCCCCCCCCCCCCCCCCC)COP(=O)(O)OCC[N+](C)(C)C. The van der Waals surface area contributed by atoms with E-state index in [1.165, 1.54) is 135 Å². The number of carbonyl (C=O) groups excluding carboxylic acids is 2. The zero-order chi connectivity index (χ0) is 45.0. The molecule has 0 aromatic rings. The van der Waals surface area contributed by atoms with E-state index in [4.69, 9.17) is 18.5 Å². The predicted molar refractivity (Wildman–Crippen MR) is 257 cm³/mol. The van der Waals surface area contributed by atoms with Crippen LogP contribution in [0.2, 0.25) is 0 Å². The molecule has 0 heterocycles. The van der Waals surface area contributed by atoms with Gasteiger partial charge in [0.15, 0.2) is 6.10 Å². The molecule has 0 saturated carbocycles. The predicted octanol–water partition coefficient (Wildman–Crippen LogP) is 14.6. The van der Waals surface area contributed by atoms with Crippen LogP contribution in [0.25, 0.3) is 0 Å². The molecular formula is C51H95NO8P+. The maximum absolute atomic E-state index is 12.7. The van der Waals surface area contributed by atoms with Crippen molar-refractivity contribution < 1.29 is 42.1 Å². The molecule has 356 valence electrons. The fraction of sp³-hybridized carbons (Fsp3) is 0.804. The van der Waals surface area contributed by atoms with Gasteiger partial charge in [-0.1, -0.05) is 210 Å². The highest BCUT2D eigenvalue weighted by atomic mass is 31.2. The van der Waals surface area contributed by atoms with Gasteiger partial charge in [0.05, 0.1) is 27.7 Å². The van der Waals surface area contributed by atoms with E-state index in [1.807, 2.05) is 33.3 Å². The molecule has 9 nitrogen and oxygen atoms in total. The minimum atomic E-state index is -4.39. The Morgan fingerprint density at radius 1 is 0.525 bits per heavy atom. The molecule has 0 amide bonds. The fourth-order valence-corrected chi connectivity index (χ4v) is 7.54. The maximum atomic E-state index is 12.7. The Balaban J connectivity index is 4.20. The van der Waals surface area contributed by atoms with Crippen LogP contribution in [0.15, 0.2) is 48.6 Å². The lowest BCUT2D eigenvalue weighted by Gasteiger charge is -2.24. The van der Waals surface area contributed by atoms with E-state index >= 15 is 0 Å². The van der Waals surface area contributed by atoms with Gasteiger partial charge in [-0.3, -0.25) is 18.6 Å². The Hall–Kier alpha value is -2.03. The number of ether oxygens (including phenoxy) is 2. The highest BCUT2D eigenvalue weighted by Gasteiger charge is 2.27. The first-order valence-electron chi connectivity index (χ1n) is 24.9. The van der Waals surface area contributed by atoms with Crippen molar-refractivity contribution in [3.8, 4) is 0 Å². The van der Waals surface area contributed by atoms with Crippen molar-refractivity contribution in [3.63, 3.8) is 0 Å². The van der Waals surface area contributed by atoms with Crippen molar-refractivity contribution in [2.45, 2.75) is 219 Å². The van der Waals surface area contributed by atoms with Crippen LogP contribution in [0.5, 0.6) is 0 Å². The van der Waals surface area contributed by atoms with Crippen LogP contribution >= 0.6 is 7.82 Å². The largest absolute Gasteiger partial charge is 0.472 e. The number of nitrogens with zero attached hydrogens (tertiary/aromatic N) is 1. The van der Waals surface area contributed by atoms with E-state index in [1.54, 1.807) is 0 Å². The molecule has 0 bridgehead atoms. The number of quaternary nitrogens is 1. The Bertz CT molecular complexity index is 1180. The lowest BCUT2D eigenvalue weighted by molar-refractivity contribution is -0.870. The van der Waals surface area contributed by atoms with E-state index in [0.29, 0.717) is 17.4 Å². The lowest BCUT2D eigenvalue weighted by Crippen LogP contribution is -2.37. The highest BCUT2D eigenvalue weighted by molar-refractivity contribution is 7.47. The third kappa shape index (κ3) is 47.3. The first-order valence-corrected chi connectivity index (χ1v) is 26.4. The third-order valence-corrected chi connectivity index (χ3v) is 11.6. The number of hydrogen-bond donors (Lipinski definition) is 1. The fourth-order valence-electron chi connectivity index (χ4n) is 6.79. The summed E-state index contributed by atoms with van der Waals surface area (Å²) in [5.74, 6) is -0.887. The van der Waals surface area contributed by atoms with Crippen LogP contribution in [0.1, 0.15) is 213 Å². The Morgan fingerprint density at radius 3 is 1.36 bits per heavy atom. The summed E-state index contributed by atoms with van der Waals surface area (Å²) in [6.07, 6.45) is 52.0. The number of phosphoric acid groups is 1. The number of carbonyl (C=O) groups is 2. The van der Waals surface area contributed by atoms with E-state index in [-0.39, 0.29) is 32.0 Å². The number of likely N-dealkylation sites (N-methyl/N-ethyl adjacent to an activating group) is 1. The molecule has 0 aliphatic carbocycles. The van der Waals surface area contributed by atoms with E-state index in [0.717, 1.165) is 44.9 Å². The molecule has 0 aliphatic heterocycles. The number of esters is 2. The molecule has 10 heteroatoms. The number of phosphoric ester groups is 1. The summed E-state index contributed by atoms with van der Waals surface area (Å²) in [5.41, 5.74) is 0.